The summed E-state index contributed by atoms with van der Waals surface area (Å²) in [6, 6.07) is 8.19. The van der Waals surface area contributed by atoms with Crippen LogP contribution in [0, 0.1) is 5.92 Å². The Morgan fingerprint density at radius 1 is 1.38 bits per heavy atom. The van der Waals surface area contributed by atoms with Gasteiger partial charge in [-0.3, -0.25) is 15.1 Å². The molecule has 0 spiro atoms. The Labute approximate surface area is 126 Å². The van der Waals surface area contributed by atoms with Gasteiger partial charge in [0.25, 0.3) is 0 Å². The molecule has 1 atom stereocenters. The van der Waals surface area contributed by atoms with Crippen LogP contribution in [0.25, 0.3) is 0 Å². The van der Waals surface area contributed by atoms with E-state index in [1.54, 1.807) is 7.11 Å². The first-order valence-corrected chi connectivity index (χ1v) is 7.50. The number of nitrogens with zero attached hydrogens (tertiary/aromatic N) is 1. The summed E-state index contributed by atoms with van der Waals surface area (Å²) >= 11 is 0. The summed E-state index contributed by atoms with van der Waals surface area (Å²) in [4.78, 5) is 13.7. The van der Waals surface area contributed by atoms with Crippen LogP contribution >= 0.6 is 0 Å². The van der Waals surface area contributed by atoms with Crippen LogP contribution in [0.15, 0.2) is 24.3 Å². The molecular weight excluding hydrogens is 266 g/mol. The smallest absolute Gasteiger partial charge is 0.238 e. The number of hydrogen-bond donors (Lipinski definition) is 2. The predicted octanol–water partition coefficient (Wildman–Crippen LogP) is 1.08. The molecule has 0 saturated carbocycles. The Morgan fingerprint density at radius 2 is 2.10 bits per heavy atom. The Hall–Kier alpha value is -1.43. The third-order valence-electron chi connectivity index (χ3n) is 3.96. The molecule has 1 amide bonds. The number of nitrogens with two attached hydrogens (primary N) is 1. The molecule has 1 heterocycles. The molecule has 0 bridgehead atoms. The number of hydrazine groups is 1. The molecule has 2 rings (SSSR count). The van der Waals surface area contributed by atoms with Crippen LogP contribution in [-0.4, -0.2) is 37.6 Å². The molecule has 1 aliphatic heterocycles. The van der Waals surface area contributed by atoms with Gasteiger partial charge < -0.3 is 4.74 Å². The standard InChI is InChI=1S/C16H25N3O2/c1-21-12-15-3-2-8-19(11-15)10-14-6-4-13(5-7-14)9-16(20)18-17/h4-7,15H,2-3,8-12,17H2,1H3,(H,18,20). The van der Waals surface area contributed by atoms with E-state index in [4.69, 9.17) is 10.6 Å². The number of carbonyl (C=O) groups is 1. The second kappa shape index (κ2) is 8.12. The van der Waals surface area contributed by atoms with Crippen LogP contribution in [0.5, 0.6) is 0 Å². The molecule has 1 aromatic rings. The fraction of sp³-hybridized carbons (Fsp3) is 0.562. The monoisotopic (exact) mass is 291 g/mol. The van der Waals surface area contributed by atoms with E-state index < -0.39 is 0 Å². The van der Waals surface area contributed by atoms with Gasteiger partial charge in [0.05, 0.1) is 13.0 Å². The first-order valence-electron chi connectivity index (χ1n) is 7.50. The van der Waals surface area contributed by atoms with Crippen LogP contribution in [0.4, 0.5) is 0 Å². The Morgan fingerprint density at radius 3 is 2.76 bits per heavy atom. The molecular formula is C16H25N3O2. The topological polar surface area (TPSA) is 67.6 Å². The molecule has 0 aromatic heterocycles. The minimum Gasteiger partial charge on any atom is -0.384 e. The van der Waals surface area contributed by atoms with Crippen LogP contribution in [-0.2, 0) is 22.5 Å². The van der Waals surface area contributed by atoms with Crippen molar-refractivity contribution in [1.82, 2.24) is 10.3 Å². The van der Waals surface area contributed by atoms with Crippen molar-refractivity contribution in [2.24, 2.45) is 11.8 Å². The number of ether oxygens (including phenoxy) is 1. The lowest BCUT2D eigenvalue weighted by Gasteiger charge is -2.32. The van der Waals surface area contributed by atoms with E-state index in [-0.39, 0.29) is 5.91 Å². The number of nitrogens with one attached hydrogen (secondary N) is 1. The van der Waals surface area contributed by atoms with Crippen molar-refractivity contribution in [2.45, 2.75) is 25.8 Å². The van der Waals surface area contributed by atoms with E-state index in [9.17, 15) is 4.79 Å². The summed E-state index contributed by atoms with van der Waals surface area (Å²) in [5, 5.41) is 0. The highest BCUT2D eigenvalue weighted by Crippen LogP contribution is 2.19. The van der Waals surface area contributed by atoms with E-state index in [2.05, 4.69) is 22.5 Å². The van der Waals surface area contributed by atoms with Crippen molar-refractivity contribution in [3.8, 4) is 0 Å². The van der Waals surface area contributed by atoms with E-state index in [1.165, 1.54) is 18.4 Å². The minimum absolute atomic E-state index is 0.166. The normalized spacial score (nSPS) is 19.4. The highest BCUT2D eigenvalue weighted by molar-refractivity contribution is 5.77. The summed E-state index contributed by atoms with van der Waals surface area (Å²) < 4.78 is 5.27. The van der Waals surface area contributed by atoms with Crippen molar-refractivity contribution in [3.63, 3.8) is 0 Å². The second-order valence-corrected chi connectivity index (χ2v) is 5.76. The average Bonchev–Trinajstić information content (AvgIpc) is 2.50. The van der Waals surface area contributed by atoms with Crippen molar-refractivity contribution >= 4 is 5.91 Å². The Kier molecular flexibility index (Phi) is 6.17. The second-order valence-electron chi connectivity index (χ2n) is 5.76. The summed E-state index contributed by atoms with van der Waals surface area (Å²) in [5.74, 6) is 5.58. The zero-order valence-corrected chi connectivity index (χ0v) is 12.7. The molecule has 0 aliphatic carbocycles. The predicted molar refractivity (Wildman–Crippen MR) is 82.4 cm³/mol. The van der Waals surface area contributed by atoms with Crippen molar-refractivity contribution in [2.75, 3.05) is 26.8 Å². The fourth-order valence-electron chi connectivity index (χ4n) is 2.92. The Balaban J connectivity index is 1.86. The number of piperidine rings is 1. The molecule has 3 N–H and O–H groups in total. The van der Waals surface area contributed by atoms with E-state index >= 15 is 0 Å². The number of rotatable bonds is 6. The van der Waals surface area contributed by atoms with E-state index in [1.807, 2.05) is 12.1 Å². The number of hydrogen-bond acceptors (Lipinski definition) is 4. The third kappa shape index (κ3) is 5.12. The number of methoxy groups -OCH3 is 1. The van der Waals surface area contributed by atoms with Crippen LogP contribution < -0.4 is 11.3 Å². The highest BCUT2D eigenvalue weighted by atomic mass is 16.5. The highest BCUT2D eigenvalue weighted by Gasteiger charge is 2.19. The molecule has 21 heavy (non-hydrogen) atoms. The molecule has 0 radical (unpaired) electrons. The van der Waals surface area contributed by atoms with Gasteiger partial charge in [-0.25, -0.2) is 5.84 Å². The van der Waals surface area contributed by atoms with Crippen molar-refractivity contribution in [3.05, 3.63) is 35.4 Å². The largest absolute Gasteiger partial charge is 0.384 e. The van der Waals surface area contributed by atoms with E-state index in [0.717, 1.165) is 31.8 Å². The number of amides is 1. The zero-order chi connectivity index (χ0) is 15.1. The zero-order valence-electron chi connectivity index (χ0n) is 12.7. The maximum atomic E-state index is 11.2. The summed E-state index contributed by atoms with van der Waals surface area (Å²) in [6.07, 6.45) is 2.83. The molecule has 1 aliphatic rings. The molecule has 1 aromatic carbocycles. The average molecular weight is 291 g/mol. The van der Waals surface area contributed by atoms with Gasteiger partial charge >= 0.3 is 0 Å². The maximum Gasteiger partial charge on any atom is 0.238 e. The Bertz CT molecular complexity index is 445. The SMILES string of the molecule is COCC1CCCN(Cc2ccc(CC(=O)NN)cc2)C1. The molecule has 5 nitrogen and oxygen atoms in total. The minimum atomic E-state index is -0.166. The van der Waals surface area contributed by atoms with Crippen LogP contribution in [0.1, 0.15) is 24.0 Å². The number of carbonyl (C=O) groups excluding carboxylic acids is 1. The van der Waals surface area contributed by atoms with Gasteiger partial charge in [0.2, 0.25) is 5.91 Å². The quantitative estimate of drug-likeness (QED) is 0.467. The molecule has 1 unspecified atom stereocenters. The van der Waals surface area contributed by atoms with Gasteiger partial charge in [-0.1, -0.05) is 24.3 Å². The maximum absolute atomic E-state index is 11.2. The van der Waals surface area contributed by atoms with Gasteiger partial charge in [0, 0.05) is 20.2 Å². The lowest BCUT2D eigenvalue weighted by atomic mass is 9.98. The molecule has 1 saturated heterocycles. The van der Waals surface area contributed by atoms with Gasteiger partial charge in [0.1, 0.15) is 0 Å². The van der Waals surface area contributed by atoms with Crippen molar-refractivity contribution < 1.29 is 9.53 Å². The van der Waals surface area contributed by atoms with Crippen LogP contribution in [0.2, 0.25) is 0 Å². The van der Waals surface area contributed by atoms with Gasteiger partial charge in [-0.05, 0) is 36.4 Å². The van der Waals surface area contributed by atoms with Gasteiger partial charge in [-0.15, -0.1) is 0 Å². The lowest BCUT2D eigenvalue weighted by molar-refractivity contribution is -0.120. The third-order valence-corrected chi connectivity index (χ3v) is 3.96. The van der Waals surface area contributed by atoms with Crippen molar-refractivity contribution in [1.29, 1.82) is 0 Å². The fourth-order valence-corrected chi connectivity index (χ4v) is 2.92. The summed E-state index contributed by atoms with van der Waals surface area (Å²) in [6.45, 7) is 4.07. The molecule has 116 valence electrons. The first kappa shape index (κ1) is 15.9. The summed E-state index contributed by atoms with van der Waals surface area (Å²) in [7, 11) is 1.77. The van der Waals surface area contributed by atoms with Crippen LogP contribution in [0.3, 0.4) is 0 Å². The lowest BCUT2D eigenvalue weighted by Crippen LogP contribution is -2.36. The van der Waals surface area contributed by atoms with E-state index in [0.29, 0.717) is 12.3 Å². The number of benzene rings is 1. The van der Waals surface area contributed by atoms with Gasteiger partial charge in [-0.2, -0.15) is 0 Å². The first-order chi connectivity index (χ1) is 10.2. The number of likely N-dealkylation sites (tertiary alicyclic amines) is 1. The van der Waals surface area contributed by atoms with Gasteiger partial charge in [0.15, 0.2) is 0 Å². The molecule has 5 heteroatoms. The summed E-state index contributed by atoms with van der Waals surface area (Å²) in [5.41, 5.74) is 4.42. The molecule has 1 fully saturated rings.